The van der Waals surface area contributed by atoms with Gasteiger partial charge in [0.05, 0.1) is 49.6 Å². The Labute approximate surface area is 452 Å². The number of Topliss-reactive ketones (excluding diaryl/α,β-unsaturated/α-hetero) is 1. The van der Waals surface area contributed by atoms with Crippen LogP contribution < -0.4 is 10.2 Å². The molecule has 3 saturated heterocycles. The van der Waals surface area contributed by atoms with Gasteiger partial charge in [-0.3, -0.25) is 24.0 Å². The normalized spacial score (nSPS) is 26.3. The number of carbonyl (C=O) groups excluding carboxylic acids is 5. The fourth-order valence-corrected chi connectivity index (χ4v) is 14.0. The Morgan fingerprint density at radius 3 is 1.61 bits per heavy atom. The van der Waals surface area contributed by atoms with E-state index in [4.69, 9.17) is 19.1 Å². The molecule has 7 rings (SSSR count). The number of aliphatic imine (C=N–C) groups is 1. The van der Waals surface area contributed by atoms with Gasteiger partial charge < -0.3 is 39.4 Å². The minimum absolute atomic E-state index is 0.00230. The fraction of sp³-hybridized carbons (Fsp3) is 0.667. The summed E-state index contributed by atoms with van der Waals surface area (Å²) in [5.74, 6) is -2.79. The van der Waals surface area contributed by atoms with Gasteiger partial charge in [-0.2, -0.15) is 10.1 Å². The number of anilines is 2. The van der Waals surface area contributed by atoms with Crippen LogP contribution in [0, 0.1) is 5.41 Å². The van der Waals surface area contributed by atoms with Gasteiger partial charge in [-0.25, -0.2) is 4.99 Å². The molecule has 1 aromatic rings. The van der Waals surface area contributed by atoms with Gasteiger partial charge in [0.25, 0.3) is 0 Å². The highest BCUT2D eigenvalue weighted by Crippen LogP contribution is 2.54. The number of esters is 2. The molecule has 418 valence electrons. The van der Waals surface area contributed by atoms with Crippen LogP contribution in [-0.2, 0) is 48.5 Å². The highest BCUT2D eigenvalue weighted by atomic mass is 16.7. The average molecular weight is 1050 g/mol. The maximum absolute atomic E-state index is 15.1. The van der Waals surface area contributed by atoms with Crippen molar-refractivity contribution in [1.29, 1.82) is 0 Å². The van der Waals surface area contributed by atoms with Gasteiger partial charge in [0.2, 0.25) is 17.6 Å². The average Bonchev–Trinajstić information content (AvgIpc) is 3.59. The summed E-state index contributed by atoms with van der Waals surface area (Å²) >= 11 is 0. The molecule has 4 aliphatic heterocycles. The van der Waals surface area contributed by atoms with Gasteiger partial charge in [-0.05, 0) is 132 Å². The monoisotopic (exact) mass is 1050 g/mol. The van der Waals surface area contributed by atoms with Crippen LogP contribution in [0.4, 0.5) is 11.4 Å². The van der Waals surface area contributed by atoms with E-state index in [0.29, 0.717) is 42.5 Å². The van der Waals surface area contributed by atoms with Crippen LogP contribution in [0.5, 0.6) is 0 Å². The first kappa shape index (κ1) is 58.5. The number of hydrogen-bond acceptors (Lipinski definition) is 14. The number of nitrogens with one attached hydrogen (secondary N) is 1. The van der Waals surface area contributed by atoms with Crippen molar-refractivity contribution >= 4 is 52.2 Å². The lowest BCUT2D eigenvalue weighted by molar-refractivity contribution is -0.278. The van der Waals surface area contributed by atoms with Crippen LogP contribution in [0.2, 0.25) is 0 Å². The molecule has 2 N–H and O–H groups in total. The van der Waals surface area contributed by atoms with Gasteiger partial charge in [0.1, 0.15) is 18.0 Å². The maximum Gasteiger partial charge on any atom is 0.306 e. The Balaban J connectivity index is 1.22. The fourth-order valence-electron chi connectivity index (χ4n) is 14.0. The van der Waals surface area contributed by atoms with E-state index in [1.165, 1.54) is 0 Å². The third-order valence-corrected chi connectivity index (χ3v) is 17.4. The van der Waals surface area contributed by atoms with Crippen LogP contribution >= 0.6 is 0 Å². The molecule has 2 atom stereocenters. The third kappa shape index (κ3) is 10.6. The molecule has 1 aromatic carbocycles. The summed E-state index contributed by atoms with van der Waals surface area (Å²) in [5, 5.41) is 19.3. The van der Waals surface area contributed by atoms with Crippen LogP contribution in [0.3, 0.4) is 0 Å². The Morgan fingerprint density at radius 2 is 1.14 bits per heavy atom. The number of rotatable bonds is 14. The number of benzene rings is 1. The third-order valence-electron chi connectivity index (χ3n) is 17.4. The number of likely N-dealkylation sites (tertiary alicyclic amines) is 1. The van der Waals surface area contributed by atoms with E-state index in [2.05, 4.69) is 89.3 Å². The molecule has 16 nitrogen and oxygen atoms in total. The van der Waals surface area contributed by atoms with Gasteiger partial charge in [-0.1, -0.05) is 27.7 Å². The predicted octanol–water partition coefficient (Wildman–Crippen LogP) is 10.4. The zero-order valence-corrected chi connectivity index (χ0v) is 49.3. The van der Waals surface area contributed by atoms with Crippen molar-refractivity contribution < 1.29 is 48.2 Å². The lowest BCUT2D eigenvalue weighted by Gasteiger charge is -2.52. The number of ether oxygens (including phenoxy) is 2. The number of allylic oxidation sites excluding steroid dienone is 6. The summed E-state index contributed by atoms with van der Waals surface area (Å²) in [7, 11) is 3.29. The number of aliphatic hydroxyl groups excluding tert-OH is 1. The lowest BCUT2D eigenvalue weighted by Crippen LogP contribution is -2.61. The molecule has 0 saturated carbocycles. The number of ketones is 1. The van der Waals surface area contributed by atoms with Crippen molar-refractivity contribution in [2.75, 3.05) is 24.4 Å². The summed E-state index contributed by atoms with van der Waals surface area (Å²) in [6.45, 7) is 37.7. The minimum atomic E-state index is -0.576. The van der Waals surface area contributed by atoms with Crippen molar-refractivity contribution in [3.8, 4) is 0 Å². The molecular weight excluding hydrogens is 965 g/mol. The number of amides is 2. The first-order chi connectivity index (χ1) is 35.0. The Bertz CT molecular complexity index is 2680. The summed E-state index contributed by atoms with van der Waals surface area (Å²) in [5.41, 5.74) is 2.43. The molecule has 6 aliphatic rings. The standard InChI is InChI=1S/C60H88N6O10/c1-33(2)63-35(5)59(15,16)41-25-39(43(27-45(41)63)61-47(67)21-23-49(69)75-37-29-55(7,8)65(73-19)56(9,10)30-37)51-53(71)52(54(51)72)40-26-42-46(64(34(3)4)36(6)60(42,17)18)28-44(40)62-48(68)22-24-50(70)76-38-31-57(11,12)66(74-20)58(13,14)32-38/h25-28,33-38,71H,21-24,29-32H2,1-20H3,(H,61,67)/b52-40-,62-44?. The minimum Gasteiger partial charge on any atom is -0.506 e. The van der Waals surface area contributed by atoms with Crippen molar-refractivity contribution in [2.24, 2.45) is 10.4 Å². The SMILES string of the molecule is CON1C(C)(C)CC(OC(=O)CCC(=O)N=C2C=C3C(=C/C2=C2/C(=O)C(c4cc5c(cc4NC(=O)CCC(=O)OC4CC(C)(C)N(OC)C(C)(C)C4)N(C(C)C)C(C)C5(C)C)=C2O)C(C)(C)C(C)N3C(C)C)CC1(C)C. The predicted molar refractivity (Wildman–Crippen MR) is 296 cm³/mol. The van der Waals surface area contributed by atoms with Crippen LogP contribution in [0.25, 0.3) is 5.57 Å². The van der Waals surface area contributed by atoms with E-state index in [1.807, 2.05) is 89.8 Å². The second-order valence-corrected chi connectivity index (χ2v) is 26.3. The van der Waals surface area contributed by atoms with E-state index < -0.39 is 62.5 Å². The molecular formula is C60H88N6O10. The highest BCUT2D eigenvalue weighted by Gasteiger charge is 2.52. The van der Waals surface area contributed by atoms with E-state index in [9.17, 15) is 24.3 Å². The van der Waals surface area contributed by atoms with Crippen LogP contribution in [0.1, 0.15) is 187 Å². The topological polar surface area (TPSA) is 180 Å². The highest BCUT2D eigenvalue weighted by molar-refractivity contribution is 6.42. The summed E-state index contributed by atoms with van der Waals surface area (Å²) in [6.07, 6.45) is 4.42. The zero-order chi connectivity index (χ0) is 56.7. The number of hydroxylamine groups is 4. The van der Waals surface area contributed by atoms with Crippen molar-refractivity contribution in [3.05, 3.63) is 63.6 Å². The van der Waals surface area contributed by atoms with E-state index >= 15 is 4.79 Å². The first-order valence-electron chi connectivity index (χ1n) is 27.4. The van der Waals surface area contributed by atoms with E-state index in [1.54, 1.807) is 14.2 Å². The number of hydrogen-bond donors (Lipinski definition) is 2. The van der Waals surface area contributed by atoms with E-state index in [-0.39, 0.29) is 84.7 Å². The molecule has 76 heavy (non-hydrogen) atoms. The molecule has 3 fully saturated rings. The van der Waals surface area contributed by atoms with E-state index in [0.717, 1.165) is 22.5 Å². The molecule has 0 spiro atoms. The zero-order valence-electron chi connectivity index (χ0n) is 49.3. The number of fused-ring (bicyclic) bond motifs is 2. The largest absolute Gasteiger partial charge is 0.506 e. The lowest BCUT2D eigenvalue weighted by atomic mass is 9.73. The van der Waals surface area contributed by atoms with Gasteiger partial charge in [-0.15, -0.1) is 0 Å². The number of carbonyl (C=O) groups is 5. The number of piperidine rings is 2. The molecule has 2 amide bonds. The molecule has 0 aromatic heterocycles. The summed E-state index contributed by atoms with van der Waals surface area (Å²) < 4.78 is 11.9. The Morgan fingerprint density at radius 1 is 0.671 bits per heavy atom. The Kier molecular flexibility index (Phi) is 15.8. The summed E-state index contributed by atoms with van der Waals surface area (Å²) in [4.78, 5) is 90.4. The van der Waals surface area contributed by atoms with Gasteiger partial charge in [0, 0.05) is 118 Å². The second-order valence-electron chi connectivity index (χ2n) is 26.3. The second kappa shape index (κ2) is 20.6. The molecule has 2 aliphatic carbocycles. The molecule has 16 heteroatoms. The van der Waals surface area contributed by atoms with Crippen LogP contribution in [0.15, 0.2) is 57.5 Å². The Hall–Kier alpha value is -5.16. The quantitative estimate of drug-likeness (QED) is 0.133. The smallest absolute Gasteiger partial charge is 0.306 e. The number of aliphatic hydroxyl groups is 1. The van der Waals surface area contributed by atoms with Crippen LogP contribution in [-0.4, -0.2) is 128 Å². The molecule has 2 unspecified atom stereocenters. The first-order valence-corrected chi connectivity index (χ1v) is 27.4. The van der Waals surface area contributed by atoms with Gasteiger partial charge >= 0.3 is 11.9 Å². The van der Waals surface area contributed by atoms with Gasteiger partial charge in [0.15, 0.2) is 0 Å². The van der Waals surface area contributed by atoms with Crippen molar-refractivity contribution in [2.45, 2.75) is 240 Å². The molecule has 0 bridgehead atoms. The summed E-state index contributed by atoms with van der Waals surface area (Å²) in [6, 6.07) is 4.03. The number of nitrogens with zero attached hydrogens (tertiary/aromatic N) is 5. The maximum atomic E-state index is 15.1. The van der Waals surface area contributed by atoms with Crippen molar-refractivity contribution in [1.82, 2.24) is 15.0 Å². The molecule has 4 heterocycles. The molecule has 0 radical (unpaired) electrons. The van der Waals surface area contributed by atoms with Crippen molar-refractivity contribution in [3.63, 3.8) is 0 Å².